The summed E-state index contributed by atoms with van der Waals surface area (Å²) in [5, 5.41) is 6.21. The van der Waals surface area contributed by atoms with Crippen LogP contribution in [0.2, 0.25) is 0 Å². The largest absolute Gasteiger partial charge is 0.356 e. The SMILES string of the molecule is CSc1nc(N2CCCC2)c2cnn(CC(Cl)c3ccccc3)c2n1. The van der Waals surface area contributed by atoms with Crippen molar-refractivity contribution >= 4 is 40.2 Å². The van der Waals surface area contributed by atoms with E-state index in [9.17, 15) is 0 Å². The molecule has 130 valence electrons. The number of rotatable bonds is 5. The van der Waals surface area contributed by atoms with Gasteiger partial charge in [-0.05, 0) is 24.7 Å². The van der Waals surface area contributed by atoms with E-state index in [1.54, 1.807) is 11.8 Å². The Morgan fingerprint density at radius 2 is 1.92 bits per heavy atom. The van der Waals surface area contributed by atoms with Crippen molar-refractivity contribution in [3.05, 3.63) is 42.1 Å². The topological polar surface area (TPSA) is 46.8 Å². The van der Waals surface area contributed by atoms with Crippen LogP contribution in [-0.2, 0) is 6.54 Å². The quantitative estimate of drug-likeness (QED) is 0.382. The number of aromatic nitrogens is 4. The monoisotopic (exact) mass is 373 g/mol. The summed E-state index contributed by atoms with van der Waals surface area (Å²) in [5.74, 6) is 1.00. The summed E-state index contributed by atoms with van der Waals surface area (Å²) >= 11 is 8.18. The third-order valence-corrected chi connectivity index (χ3v) is 5.48. The highest BCUT2D eigenvalue weighted by Gasteiger charge is 2.21. The standard InChI is InChI=1S/C18H20ClN5S/c1-25-18-21-16(23-9-5-6-10-23)14-11-20-24(17(14)22-18)12-15(19)13-7-3-2-4-8-13/h2-4,7-8,11,15H,5-6,9-10,12H2,1H3. The molecule has 0 saturated carbocycles. The minimum absolute atomic E-state index is 0.146. The lowest BCUT2D eigenvalue weighted by Crippen LogP contribution is -2.20. The Labute approximate surface area is 156 Å². The van der Waals surface area contributed by atoms with Crippen LogP contribution in [0.4, 0.5) is 5.82 Å². The number of halogens is 1. The first kappa shape index (κ1) is 16.7. The molecule has 0 bridgehead atoms. The highest BCUT2D eigenvalue weighted by molar-refractivity contribution is 7.98. The highest BCUT2D eigenvalue weighted by atomic mass is 35.5. The smallest absolute Gasteiger partial charge is 0.191 e. The molecule has 1 saturated heterocycles. The van der Waals surface area contributed by atoms with Crippen molar-refractivity contribution < 1.29 is 0 Å². The van der Waals surface area contributed by atoms with E-state index in [0.717, 1.165) is 40.7 Å². The van der Waals surface area contributed by atoms with Crippen molar-refractivity contribution in [1.82, 2.24) is 19.7 Å². The molecule has 3 heterocycles. The zero-order valence-corrected chi connectivity index (χ0v) is 15.7. The molecule has 2 aromatic heterocycles. The summed E-state index contributed by atoms with van der Waals surface area (Å²) < 4.78 is 1.90. The number of nitrogens with zero attached hydrogens (tertiary/aromatic N) is 5. The summed E-state index contributed by atoms with van der Waals surface area (Å²) in [6.45, 7) is 2.68. The van der Waals surface area contributed by atoms with Crippen LogP contribution in [0.25, 0.3) is 11.0 Å². The van der Waals surface area contributed by atoms with Crippen LogP contribution >= 0.6 is 23.4 Å². The number of anilines is 1. The fourth-order valence-electron chi connectivity index (χ4n) is 3.23. The molecule has 25 heavy (non-hydrogen) atoms. The lowest BCUT2D eigenvalue weighted by atomic mass is 10.1. The maximum Gasteiger partial charge on any atom is 0.191 e. The third-order valence-electron chi connectivity index (χ3n) is 4.54. The molecule has 7 heteroatoms. The summed E-state index contributed by atoms with van der Waals surface area (Å²) in [6.07, 6.45) is 6.31. The van der Waals surface area contributed by atoms with E-state index >= 15 is 0 Å². The molecule has 1 aromatic carbocycles. The Balaban J connectivity index is 1.71. The van der Waals surface area contributed by atoms with Gasteiger partial charge in [-0.2, -0.15) is 5.10 Å². The van der Waals surface area contributed by atoms with Crippen LogP contribution < -0.4 is 4.90 Å². The van der Waals surface area contributed by atoms with Gasteiger partial charge < -0.3 is 4.90 Å². The molecule has 1 unspecified atom stereocenters. The van der Waals surface area contributed by atoms with Crippen molar-refractivity contribution in [2.75, 3.05) is 24.2 Å². The van der Waals surface area contributed by atoms with Crippen LogP contribution in [0.15, 0.2) is 41.7 Å². The first-order chi connectivity index (χ1) is 12.3. The van der Waals surface area contributed by atoms with Gasteiger partial charge in [0.05, 0.1) is 23.5 Å². The molecule has 1 fully saturated rings. The number of thioether (sulfide) groups is 1. The molecule has 1 atom stereocenters. The molecular formula is C18H20ClN5S. The van der Waals surface area contributed by atoms with Crippen LogP contribution in [0.1, 0.15) is 23.8 Å². The second-order valence-corrected chi connectivity index (χ2v) is 7.47. The second kappa shape index (κ2) is 7.22. The first-order valence-corrected chi connectivity index (χ1v) is 10.1. The van der Waals surface area contributed by atoms with Gasteiger partial charge in [0, 0.05) is 13.1 Å². The zero-order chi connectivity index (χ0) is 17.2. The van der Waals surface area contributed by atoms with Crippen LogP contribution in [0, 0.1) is 0 Å². The predicted molar refractivity (Wildman–Crippen MR) is 104 cm³/mol. The molecule has 0 amide bonds. The minimum Gasteiger partial charge on any atom is -0.356 e. The third kappa shape index (κ3) is 3.33. The van der Waals surface area contributed by atoms with Gasteiger partial charge in [0.25, 0.3) is 0 Å². The van der Waals surface area contributed by atoms with E-state index in [2.05, 4.69) is 10.00 Å². The predicted octanol–water partition coefficient (Wildman–Crippen LogP) is 4.13. The number of hydrogen-bond acceptors (Lipinski definition) is 5. The molecule has 0 spiro atoms. The minimum atomic E-state index is -0.146. The fourth-order valence-corrected chi connectivity index (χ4v) is 3.87. The van der Waals surface area contributed by atoms with Crippen molar-refractivity contribution in [1.29, 1.82) is 0 Å². The van der Waals surface area contributed by atoms with E-state index in [4.69, 9.17) is 21.6 Å². The van der Waals surface area contributed by atoms with E-state index in [-0.39, 0.29) is 5.38 Å². The maximum atomic E-state index is 6.62. The Morgan fingerprint density at radius 1 is 1.16 bits per heavy atom. The van der Waals surface area contributed by atoms with Gasteiger partial charge in [-0.1, -0.05) is 42.1 Å². The molecule has 5 nitrogen and oxygen atoms in total. The summed E-state index contributed by atoms with van der Waals surface area (Å²) in [6, 6.07) is 10.1. The average Bonchev–Trinajstić information content (AvgIpc) is 3.32. The van der Waals surface area contributed by atoms with Crippen molar-refractivity contribution in [2.24, 2.45) is 0 Å². The number of alkyl halides is 1. The van der Waals surface area contributed by atoms with Crippen LogP contribution in [0.5, 0.6) is 0 Å². The average molecular weight is 374 g/mol. The van der Waals surface area contributed by atoms with Crippen molar-refractivity contribution in [2.45, 2.75) is 29.9 Å². The Bertz CT molecular complexity index is 861. The lowest BCUT2D eigenvalue weighted by molar-refractivity contribution is 0.613. The normalized spacial score (nSPS) is 15.8. The zero-order valence-electron chi connectivity index (χ0n) is 14.1. The fraction of sp³-hybridized carbons (Fsp3) is 0.389. The molecule has 3 aromatic rings. The Morgan fingerprint density at radius 3 is 2.64 bits per heavy atom. The van der Waals surface area contributed by atoms with Gasteiger partial charge in [-0.15, -0.1) is 11.6 Å². The summed E-state index contributed by atoms with van der Waals surface area (Å²) in [5.41, 5.74) is 1.95. The molecule has 0 N–H and O–H groups in total. The highest BCUT2D eigenvalue weighted by Crippen LogP contribution is 2.30. The molecule has 4 rings (SSSR count). The lowest BCUT2D eigenvalue weighted by Gasteiger charge is -2.18. The van der Waals surface area contributed by atoms with Gasteiger partial charge in [-0.3, -0.25) is 0 Å². The maximum absolute atomic E-state index is 6.62. The Kier molecular flexibility index (Phi) is 4.81. The van der Waals surface area contributed by atoms with Crippen LogP contribution in [-0.4, -0.2) is 39.1 Å². The number of hydrogen-bond donors (Lipinski definition) is 0. The Hall–Kier alpha value is -1.79. The van der Waals surface area contributed by atoms with E-state index in [0.29, 0.717) is 6.54 Å². The molecule has 1 aliphatic heterocycles. The molecule has 1 aliphatic rings. The summed E-state index contributed by atoms with van der Waals surface area (Å²) in [7, 11) is 0. The van der Waals surface area contributed by atoms with Gasteiger partial charge in [-0.25, -0.2) is 14.6 Å². The van der Waals surface area contributed by atoms with E-state index < -0.39 is 0 Å². The van der Waals surface area contributed by atoms with E-state index in [1.807, 2.05) is 47.5 Å². The van der Waals surface area contributed by atoms with Crippen molar-refractivity contribution in [3.63, 3.8) is 0 Å². The number of benzene rings is 1. The summed E-state index contributed by atoms with van der Waals surface area (Å²) in [4.78, 5) is 11.8. The van der Waals surface area contributed by atoms with E-state index in [1.165, 1.54) is 12.8 Å². The van der Waals surface area contributed by atoms with Gasteiger partial charge in [0.1, 0.15) is 5.82 Å². The first-order valence-electron chi connectivity index (χ1n) is 8.48. The van der Waals surface area contributed by atoms with Gasteiger partial charge >= 0.3 is 0 Å². The molecular weight excluding hydrogens is 354 g/mol. The van der Waals surface area contributed by atoms with Gasteiger partial charge in [0.2, 0.25) is 0 Å². The van der Waals surface area contributed by atoms with Crippen molar-refractivity contribution in [3.8, 4) is 0 Å². The molecule has 0 aliphatic carbocycles. The number of fused-ring (bicyclic) bond motifs is 1. The van der Waals surface area contributed by atoms with Gasteiger partial charge in [0.15, 0.2) is 10.8 Å². The molecule has 0 radical (unpaired) electrons. The second-order valence-electron chi connectivity index (χ2n) is 6.17. The van der Waals surface area contributed by atoms with Crippen LogP contribution in [0.3, 0.4) is 0 Å².